The van der Waals surface area contributed by atoms with Crippen LogP contribution in [0.1, 0.15) is 74.0 Å². The number of aliphatic hydroxyl groups is 2. The van der Waals surface area contributed by atoms with Crippen LogP contribution in [-0.2, 0) is 25.4 Å². The minimum absolute atomic E-state index is 0.0119. The van der Waals surface area contributed by atoms with E-state index in [1.54, 1.807) is 0 Å². The van der Waals surface area contributed by atoms with E-state index in [4.69, 9.17) is 14.2 Å². The first-order chi connectivity index (χ1) is 19.8. The van der Waals surface area contributed by atoms with E-state index in [9.17, 15) is 15.0 Å². The smallest absolute Gasteiger partial charge is 0.335 e. The summed E-state index contributed by atoms with van der Waals surface area (Å²) in [7, 11) is 1.52. The number of ether oxygens (including phenoxy) is 3. The van der Waals surface area contributed by atoms with Gasteiger partial charge in [-0.15, -0.1) is 0 Å². The van der Waals surface area contributed by atoms with Gasteiger partial charge in [-0.2, -0.15) is 0 Å². The molecule has 2 atom stereocenters. The van der Waals surface area contributed by atoms with Gasteiger partial charge in [-0.3, -0.25) is 0 Å². The molecule has 0 aromatic heterocycles. The maximum atomic E-state index is 12.2. The van der Waals surface area contributed by atoms with Crippen LogP contribution in [0.25, 0.3) is 11.1 Å². The molecule has 6 heteroatoms. The Balaban J connectivity index is 1.47. The van der Waals surface area contributed by atoms with Gasteiger partial charge in [-0.25, -0.2) is 4.79 Å². The van der Waals surface area contributed by atoms with Crippen molar-refractivity contribution in [2.75, 3.05) is 33.5 Å². The van der Waals surface area contributed by atoms with Gasteiger partial charge >= 0.3 is 5.97 Å². The molecule has 0 saturated heterocycles. The average molecular weight is 563 g/mol. The van der Waals surface area contributed by atoms with E-state index < -0.39 is 18.9 Å². The molecular formula is C35H46O6. The molecule has 2 aromatic carbocycles. The highest BCUT2D eigenvalue weighted by molar-refractivity contribution is 5.87. The van der Waals surface area contributed by atoms with Crippen molar-refractivity contribution < 1.29 is 29.2 Å². The van der Waals surface area contributed by atoms with Crippen molar-refractivity contribution in [3.05, 3.63) is 83.5 Å². The third-order valence-electron chi connectivity index (χ3n) is 8.76. The van der Waals surface area contributed by atoms with Gasteiger partial charge in [0.2, 0.25) is 0 Å². The van der Waals surface area contributed by atoms with E-state index >= 15 is 0 Å². The monoisotopic (exact) mass is 562 g/mol. The molecule has 222 valence electrons. The van der Waals surface area contributed by atoms with Crippen molar-refractivity contribution in [3.8, 4) is 11.1 Å². The van der Waals surface area contributed by atoms with Crippen molar-refractivity contribution in [2.45, 2.75) is 70.0 Å². The van der Waals surface area contributed by atoms with Crippen LogP contribution in [0.15, 0.2) is 66.8 Å². The SMILES string of the molecule is C=C(CO)C(=O)OCC(COC(O)C(=C)COC)c1ccc(-c2ccc(C3CCC(C4CC4)CC3)cc2)c(CC)c1. The van der Waals surface area contributed by atoms with Crippen LogP contribution in [0.3, 0.4) is 0 Å². The Kier molecular flexibility index (Phi) is 11.3. The van der Waals surface area contributed by atoms with Gasteiger partial charge in [0.15, 0.2) is 6.29 Å². The summed E-state index contributed by atoms with van der Waals surface area (Å²) in [6.45, 7) is 9.29. The quantitative estimate of drug-likeness (QED) is 0.115. The first-order valence-corrected chi connectivity index (χ1v) is 15.0. The highest BCUT2D eigenvalue weighted by Crippen LogP contribution is 2.47. The number of hydrogen-bond acceptors (Lipinski definition) is 6. The number of carbonyl (C=O) groups excluding carboxylic acids is 1. The summed E-state index contributed by atoms with van der Waals surface area (Å²) in [6, 6.07) is 15.4. The molecule has 0 bridgehead atoms. The normalized spacial score (nSPS) is 20.3. The van der Waals surface area contributed by atoms with Crippen LogP contribution in [-0.4, -0.2) is 56.0 Å². The number of methoxy groups -OCH3 is 1. The summed E-state index contributed by atoms with van der Waals surface area (Å²) in [5.74, 6) is 1.66. The van der Waals surface area contributed by atoms with Crippen LogP contribution in [0.5, 0.6) is 0 Å². The molecule has 0 heterocycles. The van der Waals surface area contributed by atoms with Gasteiger partial charge in [0.25, 0.3) is 0 Å². The zero-order valence-electron chi connectivity index (χ0n) is 24.6. The summed E-state index contributed by atoms with van der Waals surface area (Å²) >= 11 is 0. The summed E-state index contributed by atoms with van der Waals surface area (Å²) in [5, 5.41) is 19.6. The lowest BCUT2D eigenvalue weighted by molar-refractivity contribution is -0.141. The molecule has 2 aliphatic rings. The molecule has 6 nitrogen and oxygen atoms in total. The molecule has 2 fully saturated rings. The van der Waals surface area contributed by atoms with Gasteiger partial charge in [-0.1, -0.05) is 62.5 Å². The lowest BCUT2D eigenvalue weighted by Gasteiger charge is -2.29. The van der Waals surface area contributed by atoms with E-state index in [1.807, 2.05) is 6.07 Å². The van der Waals surface area contributed by atoms with E-state index in [1.165, 1.54) is 67.9 Å². The molecule has 41 heavy (non-hydrogen) atoms. The van der Waals surface area contributed by atoms with Crippen LogP contribution in [0, 0.1) is 11.8 Å². The highest BCUT2D eigenvalue weighted by Gasteiger charge is 2.34. The number of carbonyl (C=O) groups is 1. The molecule has 0 radical (unpaired) electrons. The van der Waals surface area contributed by atoms with Crippen LogP contribution in [0.2, 0.25) is 0 Å². The molecule has 2 N–H and O–H groups in total. The minimum Gasteiger partial charge on any atom is -0.462 e. The van der Waals surface area contributed by atoms with Crippen molar-refractivity contribution in [1.82, 2.24) is 0 Å². The number of rotatable bonds is 15. The Morgan fingerprint density at radius 1 is 0.976 bits per heavy atom. The van der Waals surface area contributed by atoms with Crippen LogP contribution >= 0.6 is 0 Å². The molecule has 0 spiro atoms. The number of hydrogen-bond donors (Lipinski definition) is 2. The van der Waals surface area contributed by atoms with Gasteiger partial charge in [0.1, 0.15) is 6.61 Å². The topological polar surface area (TPSA) is 85.2 Å². The Labute approximate surface area is 245 Å². The molecule has 4 rings (SSSR count). The van der Waals surface area contributed by atoms with Gasteiger partial charge in [0.05, 0.1) is 25.4 Å². The zero-order valence-corrected chi connectivity index (χ0v) is 24.6. The minimum atomic E-state index is -1.20. The second-order valence-corrected chi connectivity index (χ2v) is 11.7. The van der Waals surface area contributed by atoms with Crippen LogP contribution < -0.4 is 0 Å². The molecule has 2 aliphatic carbocycles. The predicted molar refractivity (Wildman–Crippen MR) is 162 cm³/mol. The summed E-state index contributed by atoms with van der Waals surface area (Å²) in [6.07, 6.45) is 7.91. The number of aryl methyl sites for hydroxylation is 1. The summed E-state index contributed by atoms with van der Waals surface area (Å²) in [4.78, 5) is 12.2. The van der Waals surface area contributed by atoms with E-state index in [0.717, 1.165) is 23.8 Å². The van der Waals surface area contributed by atoms with E-state index in [-0.39, 0.29) is 31.3 Å². The number of esters is 1. The molecule has 2 saturated carbocycles. The van der Waals surface area contributed by atoms with E-state index in [2.05, 4.69) is 56.5 Å². The molecule has 0 aliphatic heterocycles. The molecule has 2 unspecified atom stereocenters. The van der Waals surface area contributed by atoms with Crippen molar-refractivity contribution in [3.63, 3.8) is 0 Å². The van der Waals surface area contributed by atoms with Gasteiger partial charge in [-0.05, 0) is 90.5 Å². The summed E-state index contributed by atoms with van der Waals surface area (Å²) < 4.78 is 16.1. The highest BCUT2D eigenvalue weighted by atomic mass is 16.6. The Morgan fingerprint density at radius 3 is 2.22 bits per heavy atom. The second-order valence-electron chi connectivity index (χ2n) is 11.7. The fraction of sp³-hybridized carbons (Fsp3) is 0.514. The zero-order chi connectivity index (χ0) is 29.4. The number of aliphatic hydroxyl groups excluding tert-OH is 2. The Morgan fingerprint density at radius 2 is 1.63 bits per heavy atom. The van der Waals surface area contributed by atoms with Crippen molar-refractivity contribution in [1.29, 1.82) is 0 Å². The largest absolute Gasteiger partial charge is 0.462 e. The Hall–Kier alpha value is -2.77. The van der Waals surface area contributed by atoms with Gasteiger partial charge in [0, 0.05) is 18.6 Å². The van der Waals surface area contributed by atoms with Crippen molar-refractivity contribution >= 4 is 5.97 Å². The predicted octanol–water partition coefficient (Wildman–Crippen LogP) is 6.31. The average Bonchev–Trinajstić information content (AvgIpc) is 3.86. The summed E-state index contributed by atoms with van der Waals surface area (Å²) in [5.41, 5.74) is 6.33. The molecule has 0 amide bonds. The maximum Gasteiger partial charge on any atom is 0.335 e. The second kappa shape index (κ2) is 14.9. The van der Waals surface area contributed by atoms with Gasteiger partial charge < -0.3 is 24.4 Å². The number of benzene rings is 2. The third-order valence-corrected chi connectivity index (χ3v) is 8.76. The van der Waals surface area contributed by atoms with Crippen molar-refractivity contribution in [2.24, 2.45) is 11.8 Å². The molecule has 2 aromatic rings. The fourth-order valence-electron chi connectivity index (χ4n) is 6.03. The third kappa shape index (κ3) is 8.39. The standard InChI is InChI=1S/C35H46O6/c1-5-25-18-31(32(21-40-34(37)23(2)19-36)22-41-35(38)24(3)20-39-4)16-17-33(25)30-14-12-29(13-15-30)28-10-8-27(9-11-28)26-6-7-26/h12-18,26-28,32,35-36,38H,2-3,5-11,19-22H2,1,4H3. The fourth-order valence-corrected chi connectivity index (χ4v) is 6.03. The first-order valence-electron chi connectivity index (χ1n) is 15.0. The molecular weight excluding hydrogens is 516 g/mol. The lowest BCUT2D eigenvalue weighted by atomic mass is 9.77. The Bertz CT molecular complexity index is 1170. The maximum absolute atomic E-state index is 12.2. The van der Waals surface area contributed by atoms with E-state index in [0.29, 0.717) is 11.5 Å². The first kappa shape index (κ1) is 31.2. The van der Waals surface area contributed by atoms with Crippen LogP contribution in [0.4, 0.5) is 0 Å². The lowest BCUT2D eigenvalue weighted by Crippen LogP contribution is -2.24.